The van der Waals surface area contributed by atoms with Crippen LogP contribution in [0.3, 0.4) is 0 Å². The predicted octanol–water partition coefficient (Wildman–Crippen LogP) is 3.56. The van der Waals surface area contributed by atoms with Gasteiger partial charge in [0.15, 0.2) is 0 Å². The Morgan fingerprint density at radius 1 is 0.976 bits per heavy atom. The van der Waals surface area contributed by atoms with E-state index in [2.05, 4.69) is 27.7 Å². The van der Waals surface area contributed by atoms with Gasteiger partial charge in [0, 0.05) is 0 Å². The van der Waals surface area contributed by atoms with E-state index in [0.717, 1.165) is 21.6 Å². The predicted molar refractivity (Wildman–Crippen MR) is 153 cm³/mol. The van der Waals surface area contributed by atoms with Crippen molar-refractivity contribution in [2.24, 2.45) is 11.0 Å². The highest BCUT2D eigenvalue weighted by Crippen LogP contribution is 2.50. The highest BCUT2D eigenvalue weighted by molar-refractivity contribution is 6.25. The first kappa shape index (κ1) is 28.9. The molecule has 10 heteroatoms. The normalized spacial score (nSPS) is 23.1. The molecule has 218 valence electrons. The van der Waals surface area contributed by atoms with E-state index in [1.807, 2.05) is 23.3 Å². The number of carbonyl (C=O) groups excluding carboxylic acids is 3. The maximum absolute atomic E-state index is 13.6. The molecule has 0 spiro atoms. The van der Waals surface area contributed by atoms with Crippen LogP contribution < -0.4 is 5.01 Å². The molecule has 2 aromatic carbocycles. The van der Waals surface area contributed by atoms with Gasteiger partial charge in [-0.15, -0.1) is 0 Å². The van der Waals surface area contributed by atoms with Crippen molar-refractivity contribution in [2.75, 3.05) is 25.3 Å². The summed E-state index contributed by atoms with van der Waals surface area (Å²) in [6.45, 7) is 13.3. The Labute approximate surface area is 240 Å². The average Bonchev–Trinajstić information content (AvgIpc) is 3.45. The van der Waals surface area contributed by atoms with Gasteiger partial charge in [-0.3, -0.25) is 19.5 Å². The third-order valence-corrected chi connectivity index (χ3v) is 8.06. The van der Waals surface area contributed by atoms with Gasteiger partial charge in [0.05, 0.1) is 48.3 Å². The van der Waals surface area contributed by atoms with Crippen molar-refractivity contribution in [2.45, 2.75) is 71.2 Å². The summed E-state index contributed by atoms with van der Waals surface area (Å²) in [5, 5.41) is 17.9. The molecule has 2 unspecified atom stereocenters. The number of hydrogen-bond acceptors (Lipinski definition) is 9. The minimum atomic E-state index is -0.899. The number of nitrogens with zero attached hydrogens (tertiary/aromatic N) is 4. The summed E-state index contributed by atoms with van der Waals surface area (Å²) in [7, 11) is 1.66. The summed E-state index contributed by atoms with van der Waals surface area (Å²) >= 11 is 0. The van der Waals surface area contributed by atoms with Crippen molar-refractivity contribution >= 4 is 29.2 Å². The van der Waals surface area contributed by atoms with Crippen LogP contribution in [-0.4, -0.2) is 70.5 Å². The Morgan fingerprint density at radius 3 is 2.20 bits per heavy atom. The average molecular weight is 563 g/mol. The number of anilines is 1. The maximum Gasteiger partial charge on any atom is 0.338 e. The third-order valence-electron chi connectivity index (χ3n) is 8.06. The highest BCUT2D eigenvalue weighted by atomic mass is 16.7. The van der Waals surface area contributed by atoms with Gasteiger partial charge in [-0.25, -0.2) is 4.79 Å². The molecule has 3 aliphatic heterocycles. The number of aliphatic hydroxyl groups is 1. The fraction of sp³-hybridized carbons (Fsp3) is 0.484. The molecule has 0 radical (unpaired) electrons. The first-order chi connectivity index (χ1) is 19.1. The van der Waals surface area contributed by atoms with Gasteiger partial charge in [-0.2, -0.15) is 10.2 Å². The van der Waals surface area contributed by atoms with E-state index in [1.165, 1.54) is 0 Å². The number of likely N-dealkylation sites (tertiary alicyclic amines) is 1. The molecule has 2 aromatic rings. The van der Waals surface area contributed by atoms with Crippen molar-refractivity contribution < 1.29 is 29.1 Å². The number of imide groups is 1. The molecular weight excluding hydrogens is 524 g/mol. The van der Waals surface area contributed by atoms with Crippen LogP contribution in [0.1, 0.15) is 75.5 Å². The zero-order chi connectivity index (χ0) is 30.1. The molecule has 0 aliphatic carbocycles. The van der Waals surface area contributed by atoms with Gasteiger partial charge >= 0.3 is 5.97 Å². The summed E-state index contributed by atoms with van der Waals surface area (Å²) in [6.07, 6.45) is 0. The second kappa shape index (κ2) is 9.75. The van der Waals surface area contributed by atoms with Crippen LogP contribution in [0.15, 0.2) is 47.6 Å². The van der Waals surface area contributed by atoms with E-state index in [4.69, 9.17) is 14.7 Å². The Morgan fingerprint density at radius 2 is 1.61 bits per heavy atom. The molecule has 41 heavy (non-hydrogen) atoms. The van der Waals surface area contributed by atoms with Crippen LogP contribution in [0.25, 0.3) is 0 Å². The Balaban J connectivity index is 1.57. The summed E-state index contributed by atoms with van der Waals surface area (Å²) in [5.74, 6) is -2.10. The maximum atomic E-state index is 13.6. The summed E-state index contributed by atoms with van der Waals surface area (Å²) < 4.78 is 5.47. The molecule has 0 saturated carbocycles. The van der Waals surface area contributed by atoms with Gasteiger partial charge in [-0.1, -0.05) is 12.1 Å². The van der Waals surface area contributed by atoms with E-state index in [0.29, 0.717) is 17.0 Å². The monoisotopic (exact) mass is 562 g/mol. The SMILES string of the molecule is CON1C(C)(C)c2ccc(C3=NN(c4ccc(C(=O)OC(C)(C)C)cc4)C4C(=O)N(CCO)C(=O)C34)cc2C1(C)C. The fourth-order valence-electron chi connectivity index (χ4n) is 6.45. The zero-order valence-corrected chi connectivity index (χ0v) is 24.9. The first-order valence-electron chi connectivity index (χ1n) is 13.8. The number of amides is 2. The highest BCUT2D eigenvalue weighted by Gasteiger charge is 2.57. The van der Waals surface area contributed by atoms with Crippen LogP contribution in [0, 0.1) is 5.92 Å². The van der Waals surface area contributed by atoms with Crippen molar-refractivity contribution in [3.8, 4) is 0 Å². The first-order valence-corrected chi connectivity index (χ1v) is 13.8. The number of esters is 1. The fourth-order valence-corrected chi connectivity index (χ4v) is 6.45. The van der Waals surface area contributed by atoms with Crippen LogP contribution in [0.4, 0.5) is 5.69 Å². The van der Waals surface area contributed by atoms with Crippen LogP contribution >= 0.6 is 0 Å². The van der Waals surface area contributed by atoms with E-state index >= 15 is 0 Å². The van der Waals surface area contributed by atoms with E-state index in [-0.39, 0.29) is 24.6 Å². The Hall–Kier alpha value is -3.60. The van der Waals surface area contributed by atoms with Crippen molar-refractivity contribution in [1.29, 1.82) is 0 Å². The van der Waals surface area contributed by atoms with Gasteiger partial charge in [0.1, 0.15) is 17.6 Å². The molecule has 1 saturated heterocycles. The quantitative estimate of drug-likeness (QED) is 0.420. The molecule has 0 bridgehead atoms. The largest absolute Gasteiger partial charge is 0.456 e. The van der Waals surface area contributed by atoms with Crippen molar-refractivity contribution in [3.63, 3.8) is 0 Å². The van der Waals surface area contributed by atoms with Crippen LogP contribution in [0.5, 0.6) is 0 Å². The number of hydrazone groups is 1. The molecule has 2 atom stereocenters. The van der Waals surface area contributed by atoms with E-state index in [9.17, 15) is 19.5 Å². The number of carbonyl (C=O) groups is 3. The number of β-amino-alcohol motifs (C(OH)–C–C–N with tert-alkyl or cyclic N) is 1. The molecule has 1 fully saturated rings. The lowest BCUT2D eigenvalue weighted by molar-refractivity contribution is -0.241. The number of benzene rings is 2. The molecule has 3 aliphatic rings. The van der Waals surface area contributed by atoms with Gasteiger partial charge < -0.3 is 14.7 Å². The zero-order valence-electron chi connectivity index (χ0n) is 24.9. The van der Waals surface area contributed by atoms with Gasteiger partial charge in [0.2, 0.25) is 5.91 Å². The number of aliphatic hydroxyl groups excluding tert-OH is 1. The topological polar surface area (TPSA) is 112 Å². The molecule has 2 amide bonds. The summed E-state index contributed by atoms with van der Waals surface area (Å²) in [5.41, 5.74) is 2.82. The molecule has 10 nitrogen and oxygen atoms in total. The third kappa shape index (κ3) is 4.54. The van der Waals surface area contributed by atoms with E-state index < -0.39 is 35.0 Å². The number of fused-ring (bicyclic) bond motifs is 2. The second-order valence-corrected chi connectivity index (χ2v) is 12.7. The minimum Gasteiger partial charge on any atom is -0.456 e. The van der Waals surface area contributed by atoms with Gasteiger partial charge in [0.25, 0.3) is 5.91 Å². The lowest BCUT2D eigenvalue weighted by atomic mass is 9.86. The second-order valence-electron chi connectivity index (χ2n) is 12.7. The van der Waals surface area contributed by atoms with Crippen molar-refractivity contribution in [3.05, 3.63) is 64.7 Å². The van der Waals surface area contributed by atoms with Crippen molar-refractivity contribution in [1.82, 2.24) is 9.96 Å². The molecule has 3 heterocycles. The lowest BCUT2D eigenvalue weighted by Crippen LogP contribution is -2.44. The molecule has 0 aromatic heterocycles. The smallest absolute Gasteiger partial charge is 0.338 e. The Bertz CT molecular complexity index is 1440. The summed E-state index contributed by atoms with van der Waals surface area (Å²) in [6, 6.07) is 11.7. The Kier molecular flexibility index (Phi) is 6.88. The molecule has 1 N–H and O–H groups in total. The van der Waals surface area contributed by atoms with E-state index in [1.54, 1.807) is 57.2 Å². The number of hydroxylamine groups is 2. The van der Waals surface area contributed by atoms with Gasteiger partial charge in [-0.05, 0) is 95.5 Å². The lowest BCUT2D eigenvalue weighted by Gasteiger charge is -2.38. The standard InChI is InChI=1S/C31H38N4O6/c1-29(2,3)41-28(39)18-9-12-20(13-10-18)34-25-23(26(37)33(15-16-36)27(25)38)24(32-34)19-11-14-21-22(17-19)31(6,7)35(40-8)30(21,4)5/h9-14,17,23,25,36H,15-16H2,1-8H3. The molecule has 5 rings (SSSR count). The van der Waals surface area contributed by atoms with Crippen LogP contribution in [-0.2, 0) is 30.2 Å². The van der Waals surface area contributed by atoms with Crippen LogP contribution in [0.2, 0.25) is 0 Å². The number of rotatable bonds is 6. The molecular formula is C31H38N4O6. The number of ether oxygens (including phenoxy) is 1. The summed E-state index contributed by atoms with van der Waals surface area (Å²) in [4.78, 5) is 46.6. The minimum absolute atomic E-state index is 0.0857. The number of hydrogen-bond donors (Lipinski definition) is 1.